The van der Waals surface area contributed by atoms with Gasteiger partial charge < -0.3 is 9.47 Å². The van der Waals surface area contributed by atoms with Crippen LogP contribution in [-0.4, -0.2) is 34.9 Å². The quantitative estimate of drug-likeness (QED) is 0.584. The van der Waals surface area contributed by atoms with E-state index >= 15 is 0 Å². The van der Waals surface area contributed by atoms with Crippen LogP contribution in [0.25, 0.3) is 11.3 Å². The van der Waals surface area contributed by atoms with E-state index in [9.17, 15) is 9.59 Å². The first-order valence-electron chi connectivity index (χ1n) is 8.90. The maximum Gasteiger partial charge on any atom is 0.308 e. The predicted molar refractivity (Wildman–Crippen MR) is 95.9 cm³/mol. The number of aldehydes is 1. The zero-order chi connectivity index (χ0) is 18.4. The van der Waals surface area contributed by atoms with Crippen LogP contribution in [0.5, 0.6) is 5.88 Å². The van der Waals surface area contributed by atoms with Gasteiger partial charge in [0.15, 0.2) is 6.29 Å². The SMILES string of the molecule is CCOC(=O)[C@H]1CC[C@H](Oc2ccc(-c3ccc(C=O)cn3)cn2)CC1. The second kappa shape index (κ2) is 8.56. The van der Waals surface area contributed by atoms with Crippen LogP contribution < -0.4 is 4.74 Å². The Hall–Kier alpha value is -2.76. The summed E-state index contributed by atoms with van der Waals surface area (Å²) in [6, 6.07) is 7.23. The average molecular weight is 354 g/mol. The van der Waals surface area contributed by atoms with Gasteiger partial charge in [-0.2, -0.15) is 0 Å². The van der Waals surface area contributed by atoms with Crippen molar-refractivity contribution in [3.63, 3.8) is 0 Å². The maximum atomic E-state index is 11.8. The van der Waals surface area contributed by atoms with Crippen LogP contribution in [0.2, 0.25) is 0 Å². The van der Waals surface area contributed by atoms with E-state index < -0.39 is 0 Å². The zero-order valence-electron chi connectivity index (χ0n) is 14.8. The molecule has 1 saturated carbocycles. The monoisotopic (exact) mass is 354 g/mol. The lowest BCUT2D eigenvalue weighted by Gasteiger charge is -2.27. The van der Waals surface area contributed by atoms with Crippen LogP contribution in [0.1, 0.15) is 43.0 Å². The molecular weight excluding hydrogens is 332 g/mol. The minimum absolute atomic E-state index is 0.00875. The summed E-state index contributed by atoms with van der Waals surface area (Å²) in [4.78, 5) is 31.1. The molecule has 2 aromatic heterocycles. The first kappa shape index (κ1) is 18.0. The number of carbonyl (C=O) groups is 2. The molecule has 1 aliphatic carbocycles. The van der Waals surface area contributed by atoms with Crippen LogP contribution >= 0.6 is 0 Å². The van der Waals surface area contributed by atoms with Gasteiger partial charge in [-0.05, 0) is 50.8 Å². The first-order chi connectivity index (χ1) is 12.7. The molecule has 0 atom stereocenters. The van der Waals surface area contributed by atoms with Crippen LogP contribution in [0.4, 0.5) is 0 Å². The highest BCUT2D eigenvalue weighted by molar-refractivity contribution is 5.75. The molecule has 0 bridgehead atoms. The standard InChI is InChI=1S/C20H22N2O4/c1-2-25-20(24)15-4-7-17(8-5-15)26-19-10-6-16(12-22-19)18-9-3-14(13-23)11-21-18/h3,6,9-13,15,17H,2,4-5,7-8H2,1H3/t15-,17-. The molecule has 6 heteroatoms. The number of nitrogens with zero attached hydrogens (tertiary/aromatic N) is 2. The van der Waals surface area contributed by atoms with Crippen molar-refractivity contribution in [3.8, 4) is 17.1 Å². The Labute approximate surface area is 152 Å². The number of rotatable bonds is 6. The third kappa shape index (κ3) is 4.45. The van der Waals surface area contributed by atoms with E-state index in [0.717, 1.165) is 43.2 Å². The third-order valence-electron chi connectivity index (χ3n) is 4.54. The van der Waals surface area contributed by atoms with Gasteiger partial charge in [-0.1, -0.05) is 0 Å². The van der Waals surface area contributed by atoms with E-state index in [1.165, 1.54) is 6.20 Å². The molecule has 0 amide bonds. The van der Waals surface area contributed by atoms with Gasteiger partial charge in [-0.15, -0.1) is 0 Å². The molecule has 2 aromatic rings. The van der Waals surface area contributed by atoms with Crippen molar-refractivity contribution in [2.75, 3.05) is 6.61 Å². The normalized spacial score (nSPS) is 19.6. The molecule has 0 saturated heterocycles. The van der Waals surface area contributed by atoms with Gasteiger partial charge in [0.25, 0.3) is 0 Å². The molecule has 0 aromatic carbocycles. The summed E-state index contributed by atoms with van der Waals surface area (Å²) < 4.78 is 11.0. The summed E-state index contributed by atoms with van der Waals surface area (Å²) in [5.74, 6) is 0.463. The highest BCUT2D eigenvalue weighted by Gasteiger charge is 2.28. The van der Waals surface area contributed by atoms with Crippen molar-refractivity contribution in [1.82, 2.24) is 9.97 Å². The van der Waals surface area contributed by atoms with Gasteiger partial charge in [0, 0.05) is 29.6 Å². The van der Waals surface area contributed by atoms with Crippen molar-refractivity contribution in [3.05, 3.63) is 42.2 Å². The molecular formula is C20H22N2O4. The number of aromatic nitrogens is 2. The first-order valence-corrected chi connectivity index (χ1v) is 8.90. The van der Waals surface area contributed by atoms with Gasteiger partial charge in [0.05, 0.1) is 18.2 Å². The Morgan fingerprint density at radius 1 is 1.12 bits per heavy atom. The fourth-order valence-corrected chi connectivity index (χ4v) is 3.09. The van der Waals surface area contributed by atoms with Gasteiger partial charge >= 0.3 is 5.97 Å². The Morgan fingerprint density at radius 3 is 2.50 bits per heavy atom. The van der Waals surface area contributed by atoms with Gasteiger partial charge in [-0.25, -0.2) is 4.98 Å². The van der Waals surface area contributed by atoms with Crippen molar-refractivity contribution in [2.24, 2.45) is 5.92 Å². The van der Waals surface area contributed by atoms with Crippen LogP contribution in [0.3, 0.4) is 0 Å². The van der Waals surface area contributed by atoms with Crippen molar-refractivity contribution in [1.29, 1.82) is 0 Å². The molecule has 26 heavy (non-hydrogen) atoms. The molecule has 6 nitrogen and oxygen atoms in total. The van der Waals surface area contributed by atoms with Gasteiger partial charge in [-0.3, -0.25) is 14.6 Å². The van der Waals surface area contributed by atoms with E-state index in [1.807, 2.05) is 19.1 Å². The summed E-state index contributed by atoms with van der Waals surface area (Å²) in [5.41, 5.74) is 2.16. The molecule has 1 fully saturated rings. The molecule has 0 aliphatic heterocycles. The molecule has 3 rings (SSSR count). The summed E-state index contributed by atoms with van der Waals surface area (Å²) in [6.45, 7) is 2.26. The Bertz CT molecular complexity index is 735. The minimum Gasteiger partial charge on any atom is -0.474 e. The number of hydrogen-bond donors (Lipinski definition) is 0. The van der Waals surface area contributed by atoms with Crippen LogP contribution in [0, 0.1) is 5.92 Å². The average Bonchev–Trinajstić information content (AvgIpc) is 2.69. The van der Waals surface area contributed by atoms with Crippen LogP contribution in [0.15, 0.2) is 36.7 Å². The lowest BCUT2D eigenvalue weighted by molar-refractivity contribution is -0.149. The van der Waals surface area contributed by atoms with Crippen molar-refractivity contribution >= 4 is 12.3 Å². The second-order valence-electron chi connectivity index (χ2n) is 6.32. The summed E-state index contributed by atoms with van der Waals surface area (Å²) in [6.07, 6.45) is 7.30. The van der Waals surface area contributed by atoms with E-state index in [-0.39, 0.29) is 18.0 Å². The van der Waals surface area contributed by atoms with E-state index in [1.54, 1.807) is 18.3 Å². The predicted octanol–water partition coefficient (Wildman–Crippen LogP) is 3.46. The molecule has 2 heterocycles. The van der Waals surface area contributed by atoms with E-state index in [4.69, 9.17) is 9.47 Å². The number of ether oxygens (including phenoxy) is 2. The van der Waals surface area contributed by atoms with Gasteiger partial charge in [0.2, 0.25) is 5.88 Å². The molecule has 1 aliphatic rings. The minimum atomic E-state index is -0.0958. The second-order valence-corrected chi connectivity index (χ2v) is 6.32. The third-order valence-corrected chi connectivity index (χ3v) is 4.54. The number of esters is 1. The van der Waals surface area contributed by atoms with Crippen LogP contribution in [-0.2, 0) is 9.53 Å². The smallest absolute Gasteiger partial charge is 0.308 e. The number of pyridine rings is 2. The summed E-state index contributed by atoms with van der Waals surface area (Å²) in [7, 11) is 0. The fraction of sp³-hybridized carbons (Fsp3) is 0.400. The highest BCUT2D eigenvalue weighted by atomic mass is 16.5. The molecule has 0 radical (unpaired) electrons. The van der Waals surface area contributed by atoms with E-state index in [0.29, 0.717) is 18.1 Å². The molecule has 0 unspecified atom stereocenters. The molecule has 0 spiro atoms. The van der Waals surface area contributed by atoms with Crippen molar-refractivity contribution < 1.29 is 19.1 Å². The highest BCUT2D eigenvalue weighted by Crippen LogP contribution is 2.28. The number of carbonyl (C=O) groups excluding carboxylic acids is 2. The zero-order valence-corrected chi connectivity index (χ0v) is 14.8. The van der Waals surface area contributed by atoms with Gasteiger partial charge in [0.1, 0.15) is 6.10 Å². The lowest BCUT2D eigenvalue weighted by atomic mass is 9.87. The molecule has 136 valence electrons. The van der Waals surface area contributed by atoms with E-state index in [2.05, 4.69) is 9.97 Å². The number of hydrogen-bond acceptors (Lipinski definition) is 6. The maximum absolute atomic E-state index is 11.8. The largest absolute Gasteiger partial charge is 0.474 e. The summed E-state index contributed by atoms with van der Waals surface area (Å²) in [5, 5.41) is 0. The van der Waals surface area contributed by atoms with Crippen molar-refractivity contribution in [2.45, 2.75) is 38.7 Å². The summed E-state index contributed by atoms with van der Waals surface area (Å²) >= 11 is 0. The molecule has 0 N–H and O–H groups in total. The lowest BCUT2D eigenvalue weighted by Crippen LogP contribution is -2.29. The Balaban J connectivity index is 1.55. The fourth-order valence-electron chi connectivity index (χ4n) is 3.09. The Morgan fingerprint density at radius 2 is 1.92 bits per heavy atom. The Kier molecular flexibility index (Phi) is 5.94. The topological polar surface area (TPSA) is 78.4 Å².